The number of amides is 1. The van der Waals surface area contributed by atoms with E-state index in [-0.39, 0.29) is 5.91 Å². The van der Waals surface area contributed by atoms with Crippen LogP contribution >= 0.6 is 27.3 Å². The summed E-state index contributed by atoms with van der Waals surface area (Å²) in [5.41, 5.74) is 0.770. The third-order valence-corrected chi connectivity index (χ3v) is 4.64. The van der Waals surface area contributed by atoms with Crippen LogP contribution in [0.3, 0.4) is 0 Å². The molecule has 2 nitrogen and oxygen atoms in total. The summed E-state index contributed by atoms with van der Waals surface area (Å²) in [6.07, 6.45) is 2.27. The summed E-state index contributed by atoms with van der Waals surface area (Å²) < 4.78 is 1.00. The van der Waals surface area contributed by atoms with Gasteiger partial charge in [-0.3, -0.25) is 4.79 Å². The maximum atomic E-state index is 12.6. The quantitative estimate of drug-likeness (QED) is 0.814. The summed E-state index contributed by atoms with van der Waals surface area (Å²) in [6, 6.07) is 12.2. The van der Waals surface area contributed by atoms with Gasteiger partial charge in [-0.15, -0.1) is 11.3 Å². The van der Waals surface area contributed by atoms with E-state index >= 15 is 0 Å². The average Bonchev–Trinajstić information content (AvgIpc) is 3.13. The lowest BCUT2D eigenvalue weighted by atomic mass is 10.2. The predicted molar refractivity (Wildman–Crippen MR) is 81.4 cm³/mol. The maximum absolute atomic E-state index is 12.6. The van der Waals surface area contributed by atoms with Gasteiger partial charge < -0.3 is 4.90 Å². The molecule has 0 aliphatic heterocycles. The van der Waals surface area contributed by atoms with Gasteiger partial charge >= 0.3 is 0 Å². The Morgan fingerprint density at radius 1 is 1.26 bits per heavy atom. The lowest BCUT2D eigenvalue weighted by molar-refractivity contribution is 0.0731. The molecule has 3 rings (SSSR count). The molecule has 1 amide bonds. The zero-order valence-electron chi connectivity index (χ0n) is 10.4. The van der Waals surface area contributed by atoms with Crippen LogP contribution in [0.4, 0.5) is 0 Å². The van der Waals surface area contributed by atoms with Crippen LogP contribution in [0.1, 0.15) is 28.1 Å². The van der Waals surface area contributed by atoms with Gasteiger partial charge in [-0.1, -0.05) is 22.0 Å². The van der Waals surface area contributed by atoms with Crippen molar-refractivity contribution in [2.45, 2.75) is 25.4 Å². The molecule has 0 radical (unpaired) electrons. The second-order valence-corrected chi connectivity index (χ2v) is 6.70. The molecule has 1 fully saturated rings. The van der Waals surface area contributed by atoms with Gasteiger partial charge in [0, 0.05) is 21.0 Å². The van der Waals surface area contributed by atoms with Gasteiger partial charge in [-0.25, -0.2) is 0 Å². The average molecular weight is 336 g/mol. The van der Waals surface area contributed by atoms with E-state index < -0.39 is 0 Å². The SMILES string of the molecule is O=C(c1ccc(Br)cc1)N(Cc1cccs1)C1CC1. The fourth-order valence-electron chi connectivity index (χ4n) is 2.08. The van der Waals surface area contributed by atoms with Crippen molar-refractivity contribution in [3.8, 4) is 0 Å². The highest BCUT2D eigenvalue weighted by molar-refractivity contribution is 9.10. The molecule has 0 bridgehead atoms. The molecule has 0 unspecified atom stereocenters. The molecule has 19 heavy (non-hydrogen) atoms. The minimum absolute atomic E-state index is 0.142. The Balaban J connectivity index is 1.79. The Hall–Kier alpha value is -1.13. The first-order valence-electron chi connectivity index (χ1n) is 6.33. The van der Waals surface area contributed by atoms with Gasteiger partial charge in [0.25, 0.3) is 5.91 Å². The van der Waals surface area contributed by atoms with Crippen molar-refractivity contribution < 1.29 is 4.79 Å². The maximum Gasteiger partial charge on any atom is 0.254 e. The first kappa shape index (κ1) is 12.9. The van der Waals surface area contributed by atoms with E-state index in [4.69, 9.17) is 0 Å². The highest BCUT2D eigenvalue weighted by Crippen LogP contribution is 2.30. The van der Waals surface area contributed by atoms with E-state index in [0.29, 0.717) is 6.04 Å². The van der Waals surface area contributed by atoms with Crippen LogP contribution in [0, 0.1) is 0 Å². The number of benzene rings is 1. The summed E-state index contributed by atoms with van der Waals surface area (Å²) in [4.78, 5) is 15.8. The first-order chi connectivity index (χ1) is 9.24. The molecule has 0 atom stereocenters. The number of hydrogen-bond donors (Lipinski definition) is 0. The predicted octanol–water partition coefficient (Wildman–Crippen LogP) is 4.32. The van der Waals surface area contributed by atoms with Crippen LogP contribution in [0.15, 0.2) is 46.3 Å². The van der Waals surface area contributed by atoms with Crippen molar-refractivity contribution in [3.05, 3.63) is 56.7 Å². The van der Waals surface area contributed by atoms with Gasteiger partial charge in [0.15, 0.2) is 0 Å². The van der Waals surface area contributed by atoms with Crippen molar-refractivity contribution in [2.75, 3.05) is 0 Å². The number of carbonyl (C=O) groups is 1. The summed E-state index contributed by atoms with van der Waals surface area (Å²) in [6.45, 7) is 0.733. The zero-order chi connectivity index (χ0) is 13.2. The van der Waals surface area contributed by atoms with E-state index in [1.54, 1.807) is 11.3 Å². The molecular weight excluding hydrogens is 322 g/mol. The van der Waals surface area contributed by atoms with Crippen molar-refractivity contribution in [1.29, 1.82) is 0 Å². The molecule has 2 aromatic rings. The molecule has 0 spiro atoms. The van der Waals surface area contributed by atoms with E-state index in [9.17, 15) is 4.79 Å². The number of rotatable bonds is 4. The first-order valence-corrected chi connectivity index (χ1v) is 8.00. The van der Waals surface area contributed by atoms with E-state index in [1.807, 2.05) is 35.2 Å². The number of hydrogen-bond acceptors (Lipinski definition) is 2. The number of carbonyl (C=O) groups excluding carboxylic acids is 1. The lowest BCUT2D eigenvalue weighted by Gasteiger charge is -2.22. The normalized spacial score (nSPS) is 14.4. The van der Waals surface area contributed by atoms with Crippen LogP contribution in [0.5, 0.6) is 0 Å². The third-order valence-electron chi connectivity index (χ3n) is 3.25. The smallest absolute Gasteiger partial charge is 0.254 e. The van der Waals surface area contributed by atoms with E-state index in [0.717, 1.165) is 29.4 Å². The molecule has 1 aliphatic rings. The number of halogens is 1. The van der Waals surface area contributed by atoms with Crippen molar-refractivity contribution in [2.24, 2.45) is 0 Å². The van der Waals surface area contributed by atoms with Crippen LogP contribution < -0.4 is 0 Å². The molecule has 1 saturated carbocycles. The summed E-state index contributed by atoms with van der Waals surface area (Å²) in [7, 11) is 0. The Morgan fingerprint density at radius 3 is 2.58 bits per heavy atom. The highest BCUT2D eigenvalue weighted by Gasteiger charge is 2.33. The van der Waals surface area contributed by atoms with Crippen molar-refractivity contribution in [1.82, 2.24) is 4.90 Å². The van der Waals surface area contributed by atoms with Gasteiger partial charge in [-0.2, -0.15) is 0 Å². The molecule has 0 saturated heterocycles. The topological polar surface area (TPSA) is 20.3 Å². The summed E-state index contributed by atoms with van der Waals surface area (Å²) >= 11 is 5.11. The van der Waals surface area contributed by atoms with Gasteiger partial charge in [0.2, 0.25) is 0 Å². The molecular formula is C15H14BrNOS. The Bertz CT molecular complexity index is 560. The minimum atomic E-state index is 0.142. The third kappa shape index (κ3) is 3.07. The Kier molecular flexibility index (Phi) is 3.71. The summed E-state index contributed by atoms with van der Waals surface area (Å²) in [5.74, 6) is 0.142. The van der Waals surface area contributed by atoms with Crippen LogP contribution in [-0.2, 0) is 6.54 Å². The minimum Gasteiger partial charge on any atom is -0.331 e. The molecule has 0 N–H and O–H groups in total. The largest absolute Gasteiger partial charge is 0.331 e. The van der Waals surface area contributed by atoms with Gasteiger partial charge in [-0.05, 0) is 48.6 Å². The molecule has 1 aromatic heterocycles. The highest BCUT2D eigenvalue weighted by atomic mass is 79.9. The molecule has 4 heteroatoms. The van der Waals surface area contributed by atoms with Crippen LogP contribution in [0.25, 0.3) is 0 Å². The fraction of sp³-hybridized carbons (Fsp3) is 0.267. The lowest BCUT2D eigenvalue weighted by Crippen LogP contribution is -2.32. The molecule has 1 aromatic carbocycles. The van der Waals surface area contributed by atoms with E-state index in [1.165, 1.54) is 4.88 Å². The zero-order valence-corrected chi connectivity index (χ0v) is 12.8. The van der Waals surface area contributed by atoms with Gasteiger partial charge in [0.1, 0.15) is 0 Å². The van der Waals surface area contributed by atoms with Crippen molar-refractivity contribution in [3.63, 3.8) is 0 Å². The summed E-state index contributed by atoms with van der Waals surface area (Å²) in [5, 5.41) is 2.06. The van der Waals surface area contributed by atoms with Crippen LogP contribution in [0.2, 0.25) is 0 Å². The van der Waals surface area contributed by atoms with Crippen LogP contribution in [-0.4, -0.2) is 16.8 Å². The second kappa shape index (κ2) is 5.47. The Labute approximate surface area is 125 Å². The Morgan fingerprint density at radius 2 is 2.00 bits per heavy atom. The number of nitrogens with zero attached hydrogens (tertiary/aromatic N) is 1. The number of thiophene rings is 1. The molecule has 1 aliphatic carbocycles. The fourth-order valence-corrected chi connectivity index (χ4v) is 3.05. The molecule has 1 heterocycles. The van der Waals surface area contributed by atoms with E-state index in [2.05, 4.69) is 27.4 Å². The second-order valence-electron chi connectivity index (χ2n) is 4.75. The van der Waals surface area contributed by atoms with Crippen molar-refractivity contribution >= 4 is 33.2 Å². The molecule has 98 valence electrons. The standard InChI is InChI=1S/C15H14BrNOS/c16-12-5-3-11(4-6-12)15(18)17(13-7-8-13)10-14-2-1-9-19-14/h1-6,9,13H,7-8,10H2. The van der Waals surface area contributed by atoms with Gasteiger partial charge in [0.05, 0.1) is 6.54 Å². The monoisotopic (exact) mass is 335 g/mol.